The van der Waals surface area contributed by atoms with Gasteiger partial charge in [0.25, 0.3) is 5.91 Å². The minimum atomic E-state index is 0.116. The van der Waals surface area contributed by atoms with Gasteiger partial charge in [-0.25, -0.2) is 0 Å². The van der Waals surface area contributed by atoms with Crippen molar-refractivity contribution in [3.8, 4) is 0 Å². The highest BCUT2D eigenvalue weighted by atomic mass is 16.2. The van der Waals surface area contributed by atoms with Gasteiger partial charge in [-0.05, 0) is 31.9 Å². The third-order valence-electron chi connectivity index (χ3n) is 3.71. The maximum atomic E-state index is 12.7. The molecule has 1 aliphatic heterocycles. The van der Waals surface area contributed by atoms with Gasteiger partial charge in [0.15, 0.2) is 0 Å². The summed E-state index contributed by atoms with van der Waals surface area (Å²) in [5.41, 5.74) is 1.68. The minimum Gasteiger partial charge on any atom is -0.333 e. The van der Waals surface area contributed by atoms with E-state index in [4.69, 9.17) is 0 Å². The van der Waals surface area contributed by atoms with Crippen molar-refractivity contribution in [2.45, 2.75) is 39.2 Å². The lowest BCUT2D eigenvalue weighted by atomic mass is 10.2. The zero-order chi connectivity index (χ0) is 13.8. The van der Waals surface area contributed by atoms with Gasteiger partial charge in [-0.15, -0.1) is 0 Å². The summed E-state index contributed by atoms with van der Waals surface area (Å²) in [4.78, 5) is 14.7. The number of rotatable bonds is 5. The second-order valence-electron chi connectivity index (χ2n) is 5.14. The maximum Gasteiger partial charge on any atom is 0.272 e. The molecule has 0 aromatic carbocycles. The maximum absolute atomic E-state index is 12.7. The van der Waals surface area contributed by atoms with Crippen LogP contribution in [0, 0.1) is 0 Å². The van der Waals surface area contributed by atoms with E-state index in [9.17, 15) is 4.79 Å². The molecule has 19 heavy (non-hydrogen) atoms. The van der Waals surface area contributed by atoms with Crippen molar-refractivity contribution in [1.82, 2.24) is 20.0 Å². The van der Waals surface area contributed by atoms with E-state index >= 15 is 0 Å². The van der Waals surface area contributed by atoms with Gasteiger partial charge < -0.3 is 10.2 Å². The number of carbonyl (C=O) groups is 1. The van der Waals surface area contributed by atoms with Crippen LogP contribution >= 0.6 is 0 Å². The average Bonchev–Trinajstić information content (AvgIpc) is 3.04. The van der Waals surface area contributed by atoms with Gasteiger partial charge in [-0.3, -0.25) is 9.48 Å². The molecule has 1 aromatic rings. The molecule has 0 saturated carbocycles. The molecule has 2 heterocycles. The van der Waals surface area contributed by atoms with E-state index in [1.807, 2.05) is 18.0 Å². The van der Waals surface area contributed by atoms with Crippen LogP contribution in [0.1, 0.15) is 42.9 Å². The average molecular weight is 264 g/mol. The molecule has 0 radical (unpaired) electrons. The van der Waals surface area contributed by atoms with Crippen LogP contribution in [0.4, 0.5) is 0 Å². The molecule has 2 rings (SSSR count). The van der Waals surface area contributed by atoms with Crippen molar-refractivity contribution < 1.29 is 4.79 Å². The molecule has 1 unspecified atom stereocenters. The summed E-state index contributed by atoms with van der Waals surface area (Å²) >= 11 is 0. The first kappa shape index (κ1) is 14.1. The molecule has 5 heteroatoms. The Hall–Kier alpha value is -1.36. The molecule has 1 atom stereocenters. The second kappa shape index (κ2) is 6.19. The summed E-state index contributed by atoms with van der Waals surface area (Å²) in [5, 5.41) is 7.71. The predicted octanol–water partition coefficient (Wildman–Crippen LogP) is 1.20. The first-order chi connectivity index (χ1) is 9.17. The molecule has 5 nitrogen and oxygen atoms in total. The van der Waals surface area contributed by atoms with Crippen LogP contribution in [-0.4, -0.2) is 46.3 Å². The molecule has 1 saturated heterocycles. The summed E-state index contributed by atoms with van der Waals surface area (Å²) in [5.74, 6) is 0.116. The largest absolute Gasteiger partial charge is 0.333 e. The van der Waals surface area contributed by atoms with Crippen molar-refractivity contribution >= 4 is 5.91 Å². The molecule has 0 bridgehead atoms. The molecule has 1 aliphatic rings. The number of amides is 1. The molecule has 106 valence electrons. The summed E-state index contributed by atoms with van der Waals surface area (Å²) < 4.78 is 1.71. The van der Waals surface area contributed by atoms with E-state index in [2.05, 4.69) is 24.3 Å². The van der Waals surface area contributed by atoms with Gasteiger partial charge in [-0.2, -0.15) is 5.10 Å². The first-order valence-corrected chi connectivity index (χ1v) is 7.22. The predicted molar refractivity (Wildman–Crippen MR) is 75.2 cm³/mol. The summed E-state index contributed by atoms with van der Waals surface area (Å²) in [6.45, 7) is 6.90. The van der Waals surface area contributed by atoms with E-state index in [-0.39, 0.29) is 5.91 Å². The number of nitrogens with zero attached hydrogens (tertiary/aromatic N) is 3. The topological polar surface area (TPSA) is 50.2 Å². The van der Waals surface area contributed by atoms with Crippen molar-refractivity contribution in [3.05, 3.63) is 17.5 Å². The van der Waals surface area contributed by atoms with E-state index < -0.39 is 0 Å². The fraction of sp³-hybridized carbons (Fsp3) is 0.714. The van der Waals surface area contributed by atoms with Gasteiger partial charge in [-0.1, -0.05) is 13.8 Å². The Balaban J connectivity index is 2.19. The highest BCUT2D eigenvalue weighted by molar-refractivity contribution is 5.93. The van der Waals surface area contributed by atoms with Crippen LogP contribution in [0.3, 0.4) is 0 Å². The Labute approximate surface area is 115 Å². The van der Waals surface area contributed by atoms with Crippen LogP contribution in [0.25, 0.3) is 0 Å². The second-order valence-corrected chi connectivity index (χ2v) is 5.14. The fourth-order valence-corrected chi connectivity index (χ4v) is 2.64. The molecule has 0 spiro atoms. The normalized spacial score (nSPS) is 18.8. The van der Waals surface area contributed by atoms with Gasteiger partial charge in [0.1, 0.15) is 5.69 Å². The lowest BCUT2D eigenvalue weighted by Crippen LogP contribution is -2.42. The third-order valence-corrected chi connectivity index (χ3v) is 3.71. The first-order valence-electron chi connectivity index (χ1n) is 7.22. The summed E-state index contributed by atoms with van der Waals surface area (Å²) in [6.07, 6.45) is 2.89. The minimum absolute atomic E-state index is 0.116. The third kappa shape index (κ3) is 2.97. The lowest BCUT2D eigenvalue weighted by molar-refractivity contribution is 0.0681. The molecule has 0 aliphatic carbocycles. The van der Waals surface area contributed by atoms with Crippen LogP contribution in [-0.2, 0) is 13.5 Å². The monoisotopic (exact) mass is 264 g/mol. The van der Waals surface area contributed by atoms with Crippen LogP contribution < -0.4 is 5.32 Å². The van der Waals surface area contributed by atoms with Gasteiger partial charge >= 0.3 is 0 Å². The standard InChI is InChI=1S/C14H24N4O/c1-4-8-18(12-6-7-15-10-12)14(19)13-9-11(5-2)16-17(13)3/h9,12,15H,4-8,10H2,1-3H3. The zero-order valence-electron chi connectivity index (χ0n) is 12.1. The number of carbonyl (C=O) groups excluding carboxylic acids is 1. The highest BCUT2D eigenvalue weighted by Gasteiger charge is 2.28. The molecule has 1 amide bonds. The smallest absolute Gasteiger partial charge is 0.272 e. The lowest BCUT2D eigenvalue weighted by Gasteiger charge is -2.28. The number of aryl methyl sites for hydroxylation is 2. The number of aromatic nitrogens is 2. The summed E-state index contributed by atoms with van der Waals surface area (Å²) in [6, 6.07) is 2.25. The molecule has 1 fully saturated rings. The van der Waals surface area contributed by atoms with Crippen LogP contribution in [0.2, 0.25) is 0 Å². The van der Waals surface area contributed by atoms with Crippen molar-refractivity contribution in [1.29, 1.82) is 0 Å². The fourth-order valence-electron chi connectivity index (χ4n) is 2.64. The van der Waals surface area contributed by atoms with Gasteiger partial charge in [0.05, 0.1) is 5.69 Å². The Kier molecular flexibility index (Phi) is 4.58. The number of hydrogen-bond acceptors (Lipinski definition) is 3. The number of nitrogens with one attached hydrogen (secondary N) is 1. The van der Waals surface area contributed by atoms with E-state index in [1.54, 1.807) is 4.68 Å². The van der Waals surface area contributed by atoms with E-state index in [0.717, 1.165) is 44.6 Å². The summed E-state index contributed by atoms with van der Waals surface area (Å²) in [7, 11) is 1.85. The Morgan fingerprint density at radius 2 is 2.37 bits per heavy atom. The zero-order valence-corrected chi connectivity index (χ0v) is 12.1. The highest BCUT2D eigenvalue weighted by Crippen LogP contribution is 2.15. The number of hydrogen-bond donors (Lipinski definition) is 1. The molecular weight excluding hydrogens is 240 g/mol. The van der Waals surface area contributed by atoms with Crippen LogP contribution in [0.5, 0.6) is 0 Å². The van der Waals surface area contributed by atoms with Gasteiger partial charge in [0.2, 0.25) is 0 Å². The van der Waals surface area contributed by atoms with Crippen LogP contribution in [0.15, 0.2) is 6.07 Å². The molecular formula is C14H24N4O. The van der Waals surface area contributed by atoms with Crippen molar-refractivity contribution in [2.24, 2.45) is 7.05 Å². The van der Waals surface area contributed by atoms with Gasteiger partial charge in [0, 0.05) is 26.2 Å². The Morgan fingerprint density at radius 3 is 2.89 bits per heavy atom. The van der Waals surface area contributed by atoms with E-state index in [0.29, 0.717) is 11.7 Å². The van der Waals surface area contributed by atoms with Crippen molar-refractivity contribution in [3.63, 3.8) is 0 Å². The molecule has 1 N–H and O–H groups in total. The van der Waals surface area contributed by atoms with Crippen molar-refractivity contribution in [2.75, 3.05) is 19.6 Å². The quantitative estimate of drug-likeness (QED) is 0.869. The SMILES string of the molecule is CCCN(C(=O)c1cc(CC)nn1C)C1CCNC1. The Bertz CT molecular complexity index is 435. The Morgan fingerprint density at radius 1 is 1.58 bits per heavy atom. The van der Waals surface area contributed by atoms with E-state index in [1.165, 1.54) is 0 Å². The molecule has 1 aromatic heterocycles.